The Bertz CT molecular complexity index is 1880. The van der Waals surface area contributed by atoms with Crippen molar-refractivity contribution in [1.29, 1.82) is 0 Å². The van der Waals surface area contributed by atoms with Crippen molar-refractivity contribution >= 4 is 23.9 Å². The molecule has 2 aliphatic rings. The highest BCUT2D eigenvalue weighted by Crippen LogP contribution is 2.42. The summed E-state index contributed by atoms with van der Waals surface area (Å²) in [6.07, 6.45) is 76.0. The monoisotopic (exact) mass is 1610 g/mol. The number of aliphatic carboxylic acids is 4. The molecule has 4 atom stereocenters. The summed E-state index contributed by atoms with van der Waals surface area (Å²) in [5.74, 6) is -2.15. The lowest BCUT2D eigenvalue weighted by Gasteiger charge is -2.31. The highest BCUT2D eigenvalue weighted by molar-refractivity contribution is 5.76. The molecule has 14 heteroatoms. The number of unbranched alkanes of at least 4 members (excludes halogenated alkanes) is 44. The lowest BCUT2D eigenvalue weighted by atomic mass is 9.74. The van der Waals surface area contributed by atoms with E-state index in [0.29, 0.717) is 0 Å². The number of rotatable bonds is 86. The second kappa shape index (κ2) is 76.7. The molecule has 676 valence electrons. The van der Waals surface area contributed by atoms with Crippen LogP contribution in [-0.2, 0) is 19.2 Å². The Hall–Kier alpha value is -2.36. The third kappa shape index (κ3) is 56.3. The molecular formula is C100H198N6O8. The molecule has 114 heavy (non-hydrogen) atoms. The Kier molecular flexibility index (Phi) is 73.8. The summed E-state index contributed by atoms with van der Waals surface area (Å²) in [6, 6.07) is 0. The van der Waals surface area contributed by atoms with Crippen LogP contribution in [0.4, 0.5) is 0 Å². The minimum Gasteiger partial charge on any atom is -0.481 e. The van der Waals surface area contributed by atoms with Crippen molar-refractivity contribution in [3.8, 4) is 0 Å². The molecule has 2 heterocycles. The Balaban J connectivity index is 0.00000114. The van der Waals surface area contributed by atoms with E-state index >= 15 is 0 Å². The third-order valence-corrected chi connectivity index (χ3v) is 27.3. The van der Waals surface area contributed by atoms with Crippen LogP contribution in [0.5, 0.6) is 0 Å². The lowest BCUT2D eigenvalue weighted by Crippen LogP contribution is -2.46. The van der Waals surface area contributed by atoms with E-state index in [1.165, 1.54) is 231 Å². The number of piperazine rings is 2. The topological polar surface area (TPSA) is 186 Å². The summed E-state index contributed by atoms with van der Waals surface area (Å²) in [5, 5.41) is 49.2. The molecule has 2 saturated heterocycles. The van der Waals surface area contributed by atoms with Crippen molar-refractivity contribution in [3.63, 3.8) is 0 Å². The highest BCUT2D eigenvalue weighted by atomic mass is 16.4. The largest absolute Gasteiger partial charge is 0.481 e. The van der Waals surface area contributed by atoms with Crippen molar-refractivity contribution < 1.29 is 39.6 Å². The minimum atomic E-state index is -0.537. The van der Waals surface area contributed by atoms with Gasteiger partial charge in [-0.25, -0.2) is 0 Å². The maximum Gasteiger partial charge on any atom is 0.309 e. The first kappa shape index (κ1) is 110. The number of nitrogens with one attached hydrogen (secondary N) is 2. The maximum atomic E-state index is 12.8. The van der Waals surface area contributed by atoms with Gasteiger partial charge < -0.3 is 40.9 Å². The van der Waals surface area contributed by atoms with E-state index in [2.05, 4.69) is 85.6 Å². The molecule has 0 saturated carbocycles. The van der Waals surface area contributed by atoms with Crippen molar-refractivity contribution in [3.05, 3.63) is 0 Å². The van der Waals surface area contributed by atoms with Crippen LogP contribution in [0.25, 0.3) is 0 Å². The number of carboxylic acids is 4. The van der Waals surface area contributed by atoms with Crippen LogP contribution >= 0.6 is 0 Å². The standard InChI is InChI=1S/2C50H99N3O4/c2*1-5-9-13-17-19-27-35-49(47(54)55,33-25-15-11-7-3)37-29-21-23-31-41-52(45-46-53-43-39-51-40-44-53)42-32-24-22-30-38-50(48(56)57,34-26-16-12-8-4)36-28-20-18-14-10-6-2/h2*51H,5-46H2,1-4H3,(H,54,55)(H,56,57). The molecule has 14 nitrogen and oxygen atoms in total. The van der Waals surface area contributed by atoms with Gasteiger partial charge in [-0.2, -0.15) is 0 Å². The Morgan fingerprint density at radius 2 is 0.360 bits per heavy atom. The molecule has 0 aromatic carbocycles. The van der Waals surface area contributed by atoms with Crippen molar-refractivity contribution in [2.45, 2.75) is 492 Å². The Morgan fingerprint density at radius 3 is 0.518 bits per heavy atom. The molecule has 6 N–H and O–H groups in total. The van der Waals surface area contributed by atoms with Gasteiger partial charge in [0.2, 0.25) is 0 Å². The maximum absolute atomic E-state index is 12.8. The molecule has 0 radical (unpaired) electrons. The van der Waals surface area contributed by atoms with Gasteiger partial charge in [-0.15, -0.1) is 0 Å². The molecule has 0 amide bonds. The molecule has 2 fully saturated rings. The molecule has 0 aliphatic carbocycles. The molecule has 0 aromatic rings. The van der Waals surface area contributed by atoms with Gasteiger partial charge in [0.15, 0.2) is 0 Å². The zero-order chi connectivity index (χ0) is 83.4. The summed E-state index contributed by atoms with van der Waals surface area (Å²) in [5.41, 5.74) is -2.11. The van der Waals surface area contributed by atoms with E-state index < -0.39 is 45.5 Å². The molecule has 4 unspecified atom stereocenters. The highest BCUT2D eigenvalue weighted by Gasteiger charge is 2.40. The number of hydrogen-bond donors (Lipinski definition) is 6. The molecule has 0 aromatic heterocycles. The van der Waals surface area contributed by atoms with Crippen LogP contribution in [0.2, 0.25) is 0 Å². The van der Waals surface area contributed by atoms with Gasteiger partial charge in [0, 0.05) is 78.5 Å². The minimum absolute atomic E-state index is 0.527. The van der Waals surface area contributed by atoms with Crippen LogP contribution in [0, 0.1) is 21.7 Å². The van der Waals surface area contributed by atoms with Crippen molar-refractivity contribution in [1.82, 2.24) is 30.2 Å². The zero-order valence-electron chi connectivity index (χ0n) is 77.6. The van der Waals surface area contributed by atoms with E-state index in [0.717, 1.165) is 310 Å². The average molecular weight is 1610 g/mol. The van der Waals surface area contributed by atoms with Gasteiger partial charge in [-0.3, -0.25) is 29.0 Å². The van der Waals surface area contributed by atoms with Gasteiger partial charge in [0.05, 0.1) is 21.7 Å². The number of carbonyl (C=O) groups is 4. The number of carboxylic acid groups (broad SMARTS) is 4. The molecular weight excluding hydrogens is 1410 g/mol. The predicted molar refractivity (Wildman–Crippen MR) is 491 cm³/mol. The quantitative estimate of drug-likeness (QED) is 0.0316. The fourth-order valence-corrected chi connectivity index (χ4v) is 19.0. The summed E-state index contributed by atoms with van der Waals surface area (Å²) in [6.45, 7) is 35.9. The first-order valence-corrected chi connectivity index (χ1v) is 50.8. The second-order valence-electron chi connectivity index (χ2n) is 37.2. The van der Waals surface area contributed by atoms with Gasteiger partial charge in [0.25, 0.3) is 0 Å². The number of nitrogens with zero attached hydrogens (tertiary/aromatic N) is 4. The van der Waals surface area contributed by atoms with Crippen LogP contribution in [0.3, 0.4) is 0 Å². The molecule has 0 bridgehead atoms. The van der Waals surface area contributed by atoms with Gasteiger partial charge >= 0.3 is 23.9 Å². The molecule has 0 spiro atoms. The van der Waals surface area contributed by atoms with E-state index in [1.807, 2.05) is 0 Å². The fourth-order valence-electron chi connectivity index (χ4n) is 19.0. The summed E-state index contributed by atoms with van der Waals surface area (Å²) >= 11 is 0. The van der Waals surface area contributed by atoms with Crippen LogP contribution in [0.1, 0.15) is 492 Å². The van der Waals surface area contributed by atoms with E-state index in [9.17, 15) is 39.6 Å². The van der Waals surface area contributed by atoms with Crippen LogP contribution in [0.15, 0.2) is 0 Å². The summed E-state index contributed by atoms with van der Waals surface area (Å²) < 4.78 is 0. The molecule has 2 rings (SSSR count). The van der Waals surface area contributed by atoms with Gasteiger partial charge in [0.1, 0.15) is 0 Å². The second-order valence-corrected chi connectivity index (χ2v) is 37.2. The smallest absolute Gasteiger partial charge is 0.309 e. The first-order chi connectivity index (χ1) is 55.6. The molecule has 2 aliphatic heterocycles. The normalized spacial score (nSPS) is 15.9. The van der Waals surface area contributed by atoms with E-state index in [1.54, 1.807) is 0 Å². The van der Waals surface area contributed by atoms with Crippen LogP contribution in [-0.4, -0.2) is 169 Å². The van der Waals surface area contributed by atoms with Gasteiger partial charge in [-0.05, 0) is 129 Å². The third-order valence-electron chi connectivity index (χ3n) is 27.3. The Morgan fingerprint density at radius 1 is 0.219 bits per heavy atom. The van der Waals surface area contributed by atoms with Gasteiger partial charge in [-0.1, -0.05) is 389 Å². The van der Waals surface area contributed by atoms with Crippen molar-refractivity contribution in [2.75, 3.05) is 105 Å². The lowest BCUT2D eigenvalue weighted by molar-refractivity contribution is -0.151. The number of hydrogen-bond acceptors (Lipinski definition) is 10. The summed E-state index contributed by atoms with van der Waals surface area (Å²) in [7, 11) is 0. The van der Waals surface area contributed by atoms with Crippen LogP contribution < -0.4 is 10.6 Å². The predicted octanol–water partition coefficient (Wildman–Crippen LogP) is 27.4. The zero-order valence-corrected chi connectivity index (χ0v) is 77.6. The van der Waals surface area contributed by atoms with E-state index in [-0.39, 0.29) is 0 Å². The first-order valence-electron chi connectivity index (χ1n) is 50.8. The van der Waals surface area contributed by atoms with E-state index in [4.69, 9.17) is 0 Å². The van der Waals surface area contributed by atoms with Crippen molar-refractivity contribution in [2.24, 2.45) is 21.7 Å². The average Bonchev–Trinajstić information content (AvgIpc) is 0.866. The SMILES string of the molecule is CCCCCCCCC(CCCCCC)(CCCCCCN(CCCCCCC(CCCCCC)(CCCCCCCC)C(=O)O)CCN1CCNCC1)C(=O)O.CCCCCCCCC(CCCCCC)(CCCCCCN(CCCCCCC(CCCCCC)(CCCCCCCC)C(=O)O)CCN1CCNCC1)C(=O)O. The summed E-state index contributed by atoms with van der Waals surface area (Å²) in [4.78, 5) is 61.9. The fraction of sp³-hybridized carbons (Fsp3) is 0.960. The Labute approximate surface area is 708 Å².